The van der Waals surface area contributed by atoms with Crippen LogP contribution in [0.3, 0.4) is 0 Å². The Bertz CT molecular complexity index is 621. The lowest BCUT2D eigenvalue weighted by Gasteiger charge is -2.06. The zero-order valence-corrected chi connectivity index (χ0v) is 10.3. The van der Waals surface area contributed by atoms with Crippen molar-refractivity contribution in [2.45, 2.75) is 0 Å². The van der Waals surface area contributed by atoms with Gasteiger partial charge in [0.05, 0.1) is 5.69 Å². The summed E-state index contributed by atoms with van der Waals surface area (Å²) >= 11 is 0. The van der Waals surface area contributed by atoms with Crippen LogP contribution in [0.5, 0.6) is 0 Å². The van der Waals surface area contributed by atoms with E-state index in [4.69, 9.17) is 5.73 Å². The smallest absolute Gasteiger partial charge is 0.162 e. The van der Waals surface area contributed by atoms with E-state index in [-0.39, 0.29) is 0 Å². The maximum absolute atomic E-state index is 5.88. The van der Waals surface area contributed by atoms with Gasteiger partial charge >= 0.3 is 0 Å². The number of nitrogen functional groups attached to an aromatic ring is 1. The summed E-state index contributed by atoms with van der Waals surface area (Å²) in [5.74, 6) is 1.13. The molecule has 1 heterocycles. The van der Waals surface area contributed by atoms with Gasteiger partial charge in [-0.05, 0) is 0 Å². The van der Waals surface area contributed by atoms with Gasteiger partial charge in [0.1, 0.15) is 5.82 Å². The second-order valence-corrected chi connectivity index (χ2v) is 4.23. The largest absolute Gasteiger partial charge is 0.384 e. The normalized spacial score (nSPS) is 10.3. The van der Waals surface area contributed by atoms with E-state index in [1.165, 1.54) is 0 Å². The van der Waals surface area contributed by atoms with Crippen LogP contribution in [0.4, 0.5) is 5.82 Å². The Morgan fingerprint density at radius 2 is 1.26 bits per heavy atom. The number of rotatable bonds is 2. The van der Waals surface area contributed by atoms with Crippen LogP contribution < -0.4 is 5.73 Å². The van der Waals surface area contributed by atoms with Crippen LogP contribution in [0.1, 0.15) is 0 Å². The minimum atomic E-state index is 0.479. The van der Waals surface area contributed by atoms with Crippen LogP contribution in [0.15, 0.2) is 66.7 Å². The van der Waals surface area contributed by atoms with E-state index in [1.54, 1.807) is 6.07 Å². The average Bonchev–Trinajstić information content (AvgIpc) is 2.48. The van der Waals surface area contributed by atoms with Crippen molar-refractivity contribution in [3.63, 3.8) is 0 Å². The van der Waals surface area contributed by atoms with Crippen molar-refractivity contribution >= 4 is 5.82 Å². The third-order valence-electron chi connectivity index (χ3n) is 2.85. The molecule has 0 saturated carbocycles. The molecular formula is C16H13N3. The molecule has 3 rings (SSSR count). The summed E-state index contributed by atoms with van der Waals surface area (Å²) in [6.07, 6.45) is 0. The zero-order chi connectivity index (χ0) is 13.1. The minimum Gasteiger partial charge on any atom is -0.384 e. The second kappa shape index (κ2) is 4.90. The average molecular weight is 247 g/mol. The Morgan fingerprint density at radius 1 is 0.684 bits per heavy atom. The van der Waals surface area contributed by atoms with E-state index in [0.29, 0.717) is 11.6 Å². The summed E-state index contributed by atoms with van der Waals surface area (Å²) in [7, 11) is 0. The molecule has 0 saturated heterocycles. The molecule has 19 heavy (non-hydrogen) atoms. The van der Waals surface area contributed by atoms with E-state index in [9.17, 15) is 0 Å². The van der Waals surface area contributed by atoms with Gasteiger partial charge in [0.2, 0.25) is 0 Å². The third kappa shape index (κ3) is 2.45. The number of nitrogens with zero attached hydrogens (tertiary/aromatic N) is 2. The number of nitrogens with two attached hydrogens (primary N) is 1. The molecule has 3 nitrogen and oxygen atoms in total. The highest BCUT2D eigenvalue weighted by Crippen LogP contribution is 2.22. The van der Waals surface area contributed by atoms with Crippen molar-refractivity contribution in [2.75, 3.05) is 5.73 Å². The Labute approximate surface area is 111 Å². The first-order chi connectivity index (χ1) is 9.33. The molecule has 0 atom stereocenters. The molecule has 0 aliphatic heterocycles. The van der Waals surface area contributed by atoms with Gasteiger partial charge in [0.25, 0.3) is 0 Å². The van der Waals surface area contributed by atoms with Crippen molar-refractivity contribution in [3.05, 3.63) is 66.7 Å². The fourth-order valence-electron chi connectivity index (χ4n) is 1.94. The predicted octanol–water partition coefficient (Wildman–Crippen LogP) is 3.39. The molecule has 0 aliphatic rings. The number of anilines is 1. The molecular weight excluding hydrogens is 234 g/mol. The van der Waals surface area contributed by atoms with E-state index in [2.05, 4.69) is 9.97 Å². The summed E-state index contributed by atoms with van der Waals surface area (Å²) < 4.78 is 0. The molecule has 0 radical (unpaired) electrons. The lowest BCUT2D eigenvalue weighted by molar-refractivity contribution is 1.19. The maximum Gasteiger partial charge on any atom is 0.162 e. The lowest BCUT2D eigenvalue weighted by atomic mass is 10.1. The Hall–Kier alpha value is -2.68. The van der Waals surface area contributed by atoms with Gasteiger partial charge in [0, 0.05) is 17.2 Å². The van der Waals surface area contributed by atoms with Crippen LogP contribution in [0.25, 0.3) is 22.6 Å². The van der Waals surface area contributed by atoms with Crippen molar-refractivity contribution < 1.29 is 0 Å². The molecule has 0 fully saturated rings. The number of hydrogen-bond donors (Lipinski definition) is 1. The summed E-state index contributed by atoms with van der Waals surface area (Å²) in [6, 6.07) is 21.6. The van der Waals surface area contributed by atoms with Gasteiger partial charge in [-0.25, -0.2) is 9.97 Å². The van der Waals surface area contributed by atoms with E-state index >= 15 is 0 Å². The molecule has 0 spiro atoms. The first-order valence-corrected chi connectivity index (χ1v) is 6.08. The van der Waals surface area contributed by atoms with Crippen LogP contribution in [0.2, 0.25) is 0 Å². The standard InChI is InChI=1S/C16H13N3/c17-15-11-14(12-7-3-1-4-8-12)18-16(19-15)13-9-5-2-6-10-13/h1-11H,(H2,17,18,19). The SMILES string of the molecule is Nc1cc(-c2ccccc2)nc(-c2ccccc2)n1. The fraction of sp³-hybridized carbons (Fsp3) is 0. The lowest BCUT2D eigenvalue weighted by Crippen LogP contribution is -1.97. The van der Waals surface area contributed by atoms with Gasteiger partial charge < -0.3 is 5.73 Å². The summed E-state index contributed by atoms with van der Waals surface area (Å²) in [5, 5.41) is 0. The third-order valence-corrected chi connectivity index (χ3v) is 2.85. The number of benzene rings is 2. The van der Waals surface area contributed by atoms with Gasteiger partial charge in [-0.2, -0.15) is 0 Å². The van der Waals surface area contributed by atoms with Crippen molar-refractivity contribution in [2.24, 2.45) is 0 Å². The monoisotopic (exact) mass is 247 g/mol. The molecule has 3 aromatic rings. The first kappa shape index (κ1) is 11.4. The van der Waals surface area contributed by atoms with Gasteiger partial charge in [-0.3, -0.25) is 0 Å². The molecule has 0 aliphatic carbocycles. The van der Waals surface area contributed by atoms with Gasteiger partial charge in [0.15, 0.2) is 5.82 Å². The van der Waals surface area contributed by atoms with Crippen molar-refractivity contribution in [1.82, 2.24) is 9.97 Å². The van der Waals surface area contributed by atoms with Crippen molar-refractivity contribution in [1.29, 1.82) is 0 Å². The highest BCUT2D eigenvalue weighted by atomic mass is 14.9. The second-order valence-electron chi connectivity index (χ2n) is 4.23. The van der Waals surface area contributed by atoms with Gasteiger partial charge in [-0.15, -0.1) is 0 Å². The summed E-state index contributed by atoms with van der Waals surface area (Å²) in [5.41, 5.74) is 8.72. The van der Waals surface area contributed by atoms with Gasteiger partial charge in [-0.1, -0.05) is 60.7 Å². The topological polar surface area (TPSA) is 51.8 Å². The molecule has 0 amide bonds. The molecule has 2 N–H and O–H groups in total. The fourth-order valence-corrected chi connectivity index (χ4v) is 1.94. The Balaban J connectivity index is 2.12. The van der Waals surface area contributed by atoms with Crippen LogP contribution >= 0.6 is 0 Å². The van der Waals surface area contributed by atoms with E-state index in [1.807, 2.05) is 60.7 Å². The van der Waals surface area contributed by atoms with E-state index < -0.39 is 0 Å². The van der Waals surface area contributed by atoms with Crippen LogP contribution in [-0.4, -0.2) is 9.97 Å². The first-order valence-electron chi connectivity index (χ1n) is 6.08. The highest BCUT2D eigenvalue weighted by Gasteiger charge is 2.06. The molecule has 0 unspecified atom stereocenters. The predicted molar refractivity (Wildman–Crippen MR) is 77.3 cm³/mol. The molecule has 2 aromatic carbocycles. The quantitative estimate of drug-likeness (QED) is 0.755. The minimum absolute atomic E-state index is 0.479. The molecule has 3 heteroatoms. The van der Waals surface area contributed by atoms with Crippen molar-refractivity contribution in [3.8, 4) is 22.6 Å². The van der Waals surface area contributed by atoms with Crippen LogP contribution in [-0.2, 0) is 0 Å². The summed E-state index contributed by atoms with van der Waals surface area (Å²) in [4.78, 5) is 8.88. The summed E-state index contributed by atoms with van der Waals surface area (Å²) in [6.45, 7) is 0. The van der Waals surface area contributed by atoms with Crippen LogP contribution in [0, 0.1) is 0 Å². The zero-order valence-electron chi connectivity index (χ0n) is 10.3. The molecule has 1 aromatic heterocycles. The number of hydrogen-bond acceptors (Lipinski definition) is 3. The maximum atomic E-state index is 5.88. The number of aromatic nitrogens is 2. The Kier molecular flexibility index (Phi) is 2.94. The Morgan fingerprint density at radius 3 is 1.89 bits per heavy atom. The molecule has 92 valence electrons. The molecule has 0 bridgehead atoms. The van der Waals surface area contributed by atoms with E-state index in [0.717, 1.165) is 16.8 Å². The highest BCUT2D eigenvalue weighted by molar-refractivity contribution is 5.66.